The second-order valence-corrected chi connectivity index (χ2v) is 5.57. The molecule has 0 saturated carbocycles. The number of hydrogen-bond acceptors (Lipinski definition) is 3. The molecule has 1 aromatic carbocycles. The van der Waals surface area contributed by atoms with Gasteiger partial charge in [0.05, 0.1) is 12.2 Å². The van der Waals surface area contributed by atoms with Gasteiger partial charge in [0.15, 0.2) is 0 Å². The van der Waals surface area contributed by atoms with Crippen molar-refractivity contribution in [3.05, 3.63) is 60.0 Å². The molecule has 0 unspecified atom stereocenters. The van der Waals surface area contributed by atoms with E-state index in [1.807, 2.05) is 36.5 Å². The Kier molecular flexibility index (Phi) is 2.81. The summed E-state index contributed by atoms with van der Waals surface area (Å²) in [6.45, 7) is 1.89. The van der Waals surface area contributed by atoms with Crippen molar-refractivity contribution in [2.24, 2.45) is 0 Å². The number of fused-ring (bicyclic) bond motifs is 2. The van der Waals surface area contributed by atoms with E-state index < -0.39 is 0 Å². The molecule has 3 aromatic rings. The summed E-state index contributed by atoms with van der Waals surface area (Å²) in [4.78, 5) is 7.08. The fourth-order valence-electron chi connectivity index (χ4n) is 3.15. The number of anilines is 2. The zero-order chi connectivity index (χ0) is 14.2. The molecule has 4 rings (SSSR count). The minimum Gasteiger partial charge on any atom is -0.398 e. The molecule has 106 valence electrons. The molecule has 1 aliphatic heterocycles. The highest BCUT2D eigenvalue weighted by Crippen LogP contribution is 2.32. The van der Waals surface area contributed by atoms with E-state index in [2.05, 4.69) is 21.6 Å². The highest BCUT2D eigenvalue weighted by Gasteiger charge is 2.19. The molecular weight excluding hydrogens is 260 g/mol. The van der Waals surface area contributed by atoms with Gasteiger partial charge in [-0.3, -0.25) is 0 Å². The first-order chi connectivity index (χ1) is 10.3. The standard InChI is InChI=1S/C17H18N4/c18-15-6-3-7-16-14(15)5-4-10-20(16)11-13-12-21-9-2-1-8-17(21)19-13/h1-3,6-9,12H,4-5,10-11,18H2. The number of nitrogens with zero attached hydrogens (tertiary/aromatic N) is 3. The fraction of sp³-hybridized carbons (Fsp3) is 0.235. The lowest BCUT2D eigenvalue weighted by atomic mass is 10.00. The molecule has 3 heterocycles. The first kappa shape index (κ1) is 12.3. The van der Waals surface area contributed by atoms with E-state index in [4.69, 9.17) is 10.7 Å². The highest BCUT2D eigenvalue weighted by molar-refractivity contribution is 5.66. The minimum atomic E-state index is 0.831. The summed E-state index contributed by atoms with van der Waals surface area (Å²) < 4.78 is 2.07. The van der Waals surface area contributed by atoms with Crippen LogP contribution in [-0.4, -0.2) is 15.9 Å². The second kappa shape index (κ2) is 4.81. The SMILES string of the molecule is Nc1cccc2c1CCCN2Cc1cn2ccccc2n1. The van der Waals surface area contributed by atoms with Crippen LogP contribution in [0.2, 0.25) is 0 Å². The number of hydrogen-bond donors (Lipinski definition) is 1. The molecule has 0 amide bonds. The predicted molar refractivity (Wildman–Crippen MR) is 85.4 cm³/mol. The van der Waals surface area contributed by atoms with Gasteiger partial charge in [-0.05, 0) is 42.7 Å². The fourth-order valence-corrected chi connectivity index (χ4v) is 3.15. The third-order valence-corrected chi connectivity index (χ3v) is 4.15. The average molecular weight is 278 g/mol. The number of pyridine rings is 1. The van der Waals surface area contributed by atoms with Gasteiger partial charge in [0.2, 0.25) is 0 Å². The van der Waals surface area contributed by atoms with Crippen LogP contribution in [0.5, 0.6) is 0 Å². The van der Waals surface area contributed by atoms with Crippen LogP contribution in [0.4, 0.5) is 11.4 Å². The minimum absolute atomic E-state index is 0.831. The van der Waals surface area contributed by atoms with Gasteiger partial charge in [-0.1, -0.05) is 12.1 Å². The molecular formula is C17H18N4. The molecule has 21 heavy (non-hydrogen) atoms. The monoisotopic (exact) mass is 278 g/mol. The number of rotatable bonds is 2. The lowest BCUT2D eigenvalue weighted by Gasteiger charge is -2.31. The van der Waals surface area contributed by atoms with E-state index >= 15 is 0 Å². The third kappa shape index (κ3) is 2.13. The molecule has 4 heteroatoms. The van der Waals surface area contributed by atoms with E-state index in [0.29, 0.717) is 0 Å². The molecule has 0 atom stereocenters. The second-order valence-electron chi connectivity index (χ2n) is 5.57. The Morgan fingerprint density at radius 3 is 3.00 bits per heavy atom. The maximum absolute atomic E-state index is 6.11. The highest BCUT2D eigenvalue weighted by atomic mass is 15.2. The summed E-state index contributed by atoms with van der Waals surface area (Å²) in [6, 6.07) is 12.3. The van der Waals surface area contributed by atoms with Crippen LogP contribution in [0.15, 0.2) is 48.8 Å². The Balaban J connectivity index is 1.68. The van der Waals surface area contributed by atoms with Gasteiger partial charge in [0.1, 0.15) is 5.65 Å². The Morgan fingerprint density at radius 1 is 1.14 bits per heavy atom. The number of aromatic nitrogens is 2. The predicted octanol–water partition coefficient (Wildman–Crippen LogP) is 2.87. The van der Waals surface area contributed by atoms with E-state index in [0.717, 1.165) is 43.0 Å². The van der Waals surface area contributed by atoms with Gasteiger partial charge in [0.25, 0.3) is 0 Å². The number of nitrogen functional groups attached to an aromatic ring is 1. The Bertz CT molecular complexity index is 757. The van der Waals surface area contributed by atoms with Crippen LogP contribution in [0.3, 0.4) is 0 Å². The largest absolute Gasteiger partial charge is 0.398 e. The van der Waals surface area contributed by atoms with Gasteiger partial charge >= 0.3 is 0 Å². The van der Waals surface area contributed by atoms with Gasteiger partial charge in [-0.25, -0.2) is 4.98 Å². The molecule has 2 aromatic heterocycles. The van der Waals surface area contributed by atoms with Crippen molar-refractivity contribution in [1.29, 1.82) is 0 Å². The van der Waals surface area contributed by atoms with Gasteiger partial charge in [0, 0.05) is 30.3 Å². The number of imidazole rings is 1. The topological polar surface area (TPSA) is 46.6 Å². The van der Waals surface area contributed by atoms with Gasteiger partial charge in [-0.15, -0.1) is 0 Å². The number of nitrogens with two attached hydrogens (primary N) is 1. The van der Waals surface area contributed by atoms with E-state index in [9.17, 15) is 0 Å². The number of benzene rings is 1. The first-order valence-electron chi connectivity index (χ1n) is 7.36. The van der Waals surface area contributed by atoms with Crippen LogP contribution in [0, 0.1) is 0 Å². The van der Waals surface area contributed by atoms with Crippen molar-refractivity contribution < 1.29 is 0 Å². The van der Waals surface area contributed by atoms with Crippen LogP contribution in [0.1, 0.15) is 17.7 Å². The van der Waals surface area contributed by atoms with Gasteiger partial charge < -0.3 is 15.0 Å². The lowest BCUT2D eigenvalue weighted by molar-refractivity contribution is 0.687. The van der Waals surface area contributed by atoms with Crippen molar-refractivity contribution >= 4 is 17.0 Å². The summed E-state index contributed by atoms with van der Waals surface area (Å²) in [5.41, 5.74) is 11.7. The van der Waals surface area contributed by atoms with E-state index in [1.165, 1.54) is 11.3 Å². The Hall–Kier alpha value is -2.49. The van der Waals surface area contributed by atoms with Crippen LogP contribution in [0.25, 0.3) is 5.65 Å². The van der Waals surface area contributed by atoms with Crippen LogP contribution >= 0.6 is 0 Å². The molecule has 1 aliphatic rings. The maximum atomic E-state index is 6.11. The molecule has 0 aliphatic carbocycles. The molecule has 0 spiro atoms. The average Bonchev–Trinajstić information content (AvgIpc) is 2.90. The van der Waals surface area contributed by atoms with Crippen molar-refractivity contribution in [2.75, 3.05) is 17.2 Å². The third-order valence-electron chi connectivity index (χ3n) is 4.15. The summed E-state index contributed by atoms with van der Waals surface area (Å²) >= 11 is 0. The molecule has 0 bridgehead atoms. The van der Waals surface area contributed by atoms with E-state index in [1.54, 1.807) is 0 Å². The first-order valence-corrected chi connectivity index (χ1v) is 7.36. The van der Waals surface area contributed by atoms with Crippen molar-refractivity contribution in [3.63, 3.8) is 0 Å². The zero-order valence-electron chi connectivity index (χ0n) is 11.9. The molecule has 0 saturated heterocycles. The summed E-state index contributed by atoms with van der Waals surface area (Å²) in [5.74, 6) is 0. The summed E-state index contributed by atoms with van der Waals surface area (Å²) in [7, 11) is 0. The molecule has 0 radical (unpaired) electrons. The van der Waals surface area contributed by atoms with E-state index in [-0.39, 0.29) is 0 Å². The molecule has 2 N–H and O–H groups in total. The Labute approximate surface area is 123 Å². The maximum Gasteiger partial charge on any atom is 0.137 e. The molecule has 0 fully saturated rings. The van der Waals surface area contributed by atoms with Gasteiger partial charge in [-0.2, -0.15) is 0 Å². The summed E-state index contributed by atoms with van der Waals surface area (Å²) in [6.07, 6.45) is 6.36. The quantitative estimate of drug-likeness (QED) is 0.733. The smallest absolute Gasteiger partial charge is 0.137 e. The summed E-state index contributed by atoms with van der Waals surface area (Å²) in [5, 5.41) is 0. The molecule has 4 nitrogen and oxygen atoms in total. The van der Waals surface area contributed by atoms with Crippen molar-refractivity contribution in [3.8, 4) is 0 Å². The normalized spacial score (nSPS) is 14.4. The lowest BCUT2D eigenvalue weighted by Crippen LogP contribution is -2.29. The van der Waals surface area contributed by atoms with Crippen molar-refractivity contribution in [1.82, 2.24) is 9.38 Å². The Morgan fingerprint density at radius 2 is 2.10 bits per heavy atom. The zero-order valence-corrected chi connectivity index (χ0v) is 11.9. The van der Waals surface area contributed by atoms with Crippen LogP contribution in [-0.2, 0) is 13.0 Å². The van der Waals surface area contributed by atoms with Crippen molar-refractivity contribution in [2.45, 2.75) is 19.4 Å². The van der Waals surface area contributed by atoms with Crippen LogP contribution < -0.4 is 10.6 Å².